The smallest absolute Gasteiger partial charge is 0.157 e. The lowest BCUT2D eigenvalue weighted by molar-refractivity contribution is 0.624. The van der Waals surface area contributed by atoms with Crippen molar-refractivity contribution in [1.82, 2.24) is 4.98 Å². The number of para-hydroxylation sites is 1. The highest BCUT2D eigenvalue weighted by Gasteiger charge is 2.16. The van der Waals surface area contributed by atoms with Crippen molar-refractivity contribution in [3.63, 3.8) is 0 Å². The number of hydrogen-bond acceptors (Lipinski definition) is 4. The molecule has 3 nitrogen and oxygen atoms in total. The van der Waals surface area contributed by atoms with Crippen molar-refractivity contribution in [2.75, 3.05) is 6.54 Å². The second-order valence-corrected chi connectivity index (χ2v) is 5.37. The molecule has 0 unspecified atom stereocenters. The SMILES string of the molecule is CCc1c(-c2csc(CCN)n2)oc2ccccc12. The number of rotatable bonds is 4. The van der Waals surface area contributed by atoms with E-state index in [0.29, 0.717) is 6.54 Å². The van der Waals surface area contributed by atoms with Crippen LogP contribution in [0.5, 0.6) is 0 Å². The third-order valence-electron chi connectivity index (χ3n) is 3.19. The molecule has 0 spiro atoms. The van der Waals surface area contributed by atoms with Crippen LogP contribution in [0.2, 0.25) is 0 Å². The van der Waals surface area contributed by atoms with Crippen LogP contribution in [-0.2, 0) is 12.8 Å². The van der Waals surface area contributed by atoms with E-state index in [1.165, 1.54) is 10.9 Å². The van der Waals surface area contributed by atoms with Gasteiger partial charge in [0.2, 0.25) is 0 Å². The Morgan fingerprint density at radius 3 is 2.95 bits per heavy atom. The van der Waals surface area contributed by atoms with E-state index in [9.17, 15) is 0 Å². The number of nitrogens with zero attached hydrogens (tertiary/aromatic N) is 1. The minimum absolute atomic E-state index is 0.633. The average molecular weight is 272 g/mol. The molecule has 0 saturated carbocycles. The molecule has 2 N–H and O–H groups in total. The minimum atomic E-state index is 0.633. The van der Waals surface area contributed by atoms with Gasteiger partial charge in [-0.25, -0.2) is 4.98 Å². The third-order valence-corrected chi connectivity index (χ3v) is 4.10. The maximum Gasteiger partial charge on any atom is 0.157 e. The predicted molar refractivity (Wildman–Crippen MR) is 79.5 cm³/mol. The Morgan fingerprint density at radius 1 is 1.32 bits per heavy atom. The Kier molecular flexibility index (Phi) is 3.36. The van der Waals surface area contributed by atoms with Crippen molar-refractivity contribution in [2.24, 2.45) is 5.73 Å². The molecule has 0 atom stereocenters. The summed E-state index contributed by atoms with van der Waals surface area (Å²) in [5.41, 5.74) is 8.67. The van der Waals surface area contributed by atoms with Gasteiger partial charge in [-0.1, -0.05) is 25.1 Å². The molecule has 2 heterocycles. The number of thiazole rings is 1. The molecule has 3 rings (SSSR count). The van der Waals surface area contributed by atoms with Crippen LogP contribution in [-0.4, -0.2) is 11.5 Å². The zero-order valence-electron chi connectivity index (χ0n) is 10.8. The van der Waals surface area contributed by atoms with E-state index in [-0.39, 0.29) is 0 Å². The zero-order valence-corrected chi connectivity index (χ0v) is 11.7. The van der Waals surface area contributed by atoms with E-state index in [1.807, 2.05) is 18.2 Å². The number of furan rings is 1. The summed E-state index contributed by atoms with van der Waals surface area (Å²) in [5.74, 6) is 0.906. The van der Waals surface area contributed by atoms with Gasteiger partial charge in [0.15, 0.2) is 5.76 Å². The number of fused-ring (bicyclic) bond motifs is 1. The maximum atomic E-state index is 5.98. The maximum absolute atomic E-state index is 5.98. The summed E-state index contributed by atoms with van der Waals surface area (Å²) in [6.07, 6.45) is 1.77. The molecule has 2 aromatic heterocycles. The van der Waals surface area contributed by atoms with E-state index >= 15 is 0 Å². The first-order valence-electron chi connectivity index (χ1n) is 6.48. The van der Waals surface area contributed by atoms with Crippen molar-refractivity contribution in [2.45, 2.75) is 19.8 Å². The van der Waals surface area contributed by atoms with E-state index < -0.39 is 0 Å². The van der Waals surface area contributed by atoms with Gasteiger partial charge in [-0.15, -0.1) is 11.3 Å². The van der Waals surface area contributed by atoms with Crippen LogP contribution in [0.15, 0.2) is 34.1 Å². The molecule has 3 aromatic rings. The summed E-state index contributed by atoms with van der Waals surface area (Å²) < 4.78 is 5.98. The number of aromatic nitrogens is 1. The Bertz CT molecular complexity index is 699. The molecule has 98 valence electrons. The first-order valence-corrected chi connectivity index (χ1v) is 7.36. The molecule has 0 amide bonds. The zero-order chi connectivity index (χ0) is 13.2. The molecule has 0 aliphatic carbocycles. The average Bonchev–Trinajstić information content (AvgIpc) is 3.02. The molecular weight excluding hydrogens is 256 g/mol. The summed E-state index contributed by atoms with van der Waals surface area (Å²) in [6.45, 7) is 2.78. The van der Waals surface area contributed by atoms with Crippen molar-refractivity contribution < 1.29 is 4.42 Å². The Balaban J connectivity index is 2.12. The summed E-state index contributed by atoms with van der Waals surface area (Å²) in [6, 6.07) is 8.15. The van der Waals surface area contributed by atoms with Gasteiger partial charge in [0.05, 0.1) is 5.01 Å². The summed E-state index contributed by atoms with van der Waals surface area (Å²) in [5, 5.41) is 4.32. The van der Waals surface area contributed by atoms with Gasteiger partial charge < -0.3 is 10.2 Å². The molecule has 1 aromatic carbocycles. The van der Waals surface area contributed by atoms with Gasteiger partial charge in [0.25, 0.3) is 0 Å². The molecular formula is C15H16N2OS. The van der Waals surface area contributed by atoms with Crippen LogP contribution >= 0.6 is 11.3 Å². The van der Waals surface area contributed by atoms with Crippen LogP contribution in [0.3, 0.4) is 0 Å². The van der Waals surface area contributed by atoms with Crippen molar-refractivity contribution in [3.8, 4) is 11.5 Å². The Morgan fingerprint density at radius 2 is 2.16 bits per heavy atom. The second kappa shape index (κ2) is 5.15. The van der Waals surface area contributed by atoms with E-state index in [2.05, 4.69) is 23.4 Å². The van der Waals surface area contributed by atoms with Gasteiger partial charge in [0.1, 0.15) is 11.3 Å². The van der Waals surface area contributed by atoms with Crippen LogP contribution in [0, 0.1) is 0 Å². The van der Waals surface area contributed by atoms with E-state index in [1.54, 1.807) is 11.3 Å². The fourth-order valence-corrected chi connectivity index (χ4v) is 3.10. The topological polar surface area (TPSA) is 52.0 Å². The van der Waals surface area contributed by atoms with Crippen molar-refractivity contribution in [3.05, 3.63) is 40.2 Å². The monoisotopic (exact) mass is 272 g/mol. The number of nitrogens with two attached hydrogens (primary N) is 1. The van der Waals surface area contributed by atoms with Crippen LogP contribution in [0.25, 0.3) is 22.4 Å². The lowest BCUT2D eigenvalue weighted by Crippen LogP contribution is -2.02. The highest BCUT2D eigenvalue weighted by atomic mass is 32.1. The van der Waals surface area contributed by atoms with Gasteiger partial charge in [-0.3, -0.25) is 0 Å². The van der Waals surface area contributed by atoms with Crippen molar-refractivity contribution in [1.29, 1.82) is 0 Å². The lowest BCUT2D eigenvalue weighted by atomic mass is 10.1. The first kappa shape index (κ1) is 12.4. The molecule has 0 bridgehead atoms. The molecule has 4 heteroatoms. The molecule has 19 heavy (non-hydrogen) atoms. The van der Waals surface area contributed by atoms with Gasteiger partial charge in [-0.2, -0.15) is 0 Å². The molecule has 0 aliphatic heterocycles. The number of hydrogen-bond donors (Lipinski definition) is 1. The van der Waals surface area contributed by atoms with Gasteiger partial charge in [0, 0.05) is 22.8 Å². The number of aryl methyl sites for hydroxylation is 1. The standard InChI is InChI=1S/C15H16N2OS/c1-2-10-11-5-3-4-6-13(11)18-15(10)12-9-19-14(17-12)7-8-16/h3-6,9H,2,7-8,16H2,1H3. The van der Waals surface area contributed by atoms with Crippen LogP contribution in [0.4, 0.5) is 0 Å². The fraction of sp³-hybridized carbons (Fsp3) is 0.267. The normalized spacial score (nSPS) is 11.3. The molecule has 0 saturated heterocycles. The van der Waals surface area contributed by atoms with Crippen molar-refractivity contribution >= 4 is 22.3 Å². The highest BCUT2D eigenvalue weighted by molar-refractivity contribution is 7.09. The third kappa shape index (κ3) is 2.17. The summed E-state index contributed by atoms with van der Waals surface area (Å²) in [7, 11) is 0. The summed E-state index contributed by atoms with van der Waals surface area (Å²) in [4.78, 5) is 4.62. The quantitative estimate of drug-likeness (QED) is 0.789. The van der Waals surface area contributed by atoms with Crippen LogP contribution < -0.4 is 5.73 Å². The Hall–Kier alpha value is -1.65. The van der Waals surface area contributed by atoms with Gasteiger partial charge >= 0.3 is 0 Å². The highest BCUT2D eigenvalue weighted by Crippen LogP contribution is 2.34. The van der Waals surface area contributed by atoms with Crippen LogP contribution in [0.1, 0.15) is 17.5 Å². The molecule has 0 radical (unpaired) electrons. The minimum Gasteiger partial charge on any atom is -0.454 e. The Labute approximate surface area is 116 Å². The lowest BCUT2D eigenvalue weighted by Gasteiger charge is -1.96. The second-order valence-electron chi connectivity index (χ2n) is 4.42. The predicted octanol–water partition coefficient (Wildman–Crippen LogP) is 3.62. The van der Waals surface area contributed by atoms with Gasteiger partial charge in [-0.05, 0) is 19.0 Å². The fourth-order valence-electron chi connectivity index (χ4n) is 2.31. The summed E-state index contributed by atoms with van der Waals surface area (Å²) >= 11 is 1.65. The number of benzene rings is 1. The largest absolute Gasteiger partial charge is 0.454 e. The van der Waals surface area contributed by atoms with E-state index in [0.717, 1.165) is 34.9 Å². The van der Waals surface area contributed by atoms with E-state index in [4.69, 9.17) is 10.2 Å². The first-order chi connectivity index (χ1) is 9.33. The molecule has 0 fully saturated rings. The molecule has 0 aliphatic rings.